The van der Waals surface area contributed by atoms with E-state index in [2.05, 4.69) is 4.98 Å². The van der Waals surface area contributed by atoms with Gasteiger partial charge in [-0.25, -0.2) is 4.39 Å². The van der Waals surface area contributed by atoms with Crippen LogP contribution in [-0.4, -0.2) is 33.3 Å². The molecule has 0 aliphatic carbocycles. The standard InChI is InChI=1S/C25H21FN2O4/c1-2-32-20-7-3-6-18(13-20)22-21(23(29)17-8-10-19(26)11-9-17)24(30)25(31)28(22)15-16-5-4-12-27-14-16/h3-14,22,29H,2,15H2,1H3/b23-21+. The zero-order valence-corrected chi connectivity index (χ0v) is 17.4. The number of aromatic nitrogens is 1. The normalized spacial score (nSPS) is 17.6. The van der Waals surface area contributed by atoms with Gasteiger partial charge in [-0.1, -0.05) is 18.2 Å². The molecule has 0 saturated carbocycles. The van der Waals surface area contributed by atoms with Crippen LogP contribution >= 0.6 is 0 Å². The summed E-state index contributed by atoms with van der Waals surface area (Å²) in [6.07, 6.45) is 3.24. The summed E-state index contributed by atoms with van der Waals surface area (Å²) in [7, 11) is 0. The predicted molar refractivity (Wildman–Crippen MR) is 116 cm³/mol. The third-order valence-electron chi connectivity index (χ3n) is 5.22. The van der Waals surface area contributed by atoms with Crippen molar-refractivity contribution in [3.05, 3.63) is 101 Å². The van der Waals surface area contributed by atoms with Gasteiger partial charge in [0.25, 0.3) is 11.7 Å². The van der Waals surface area contributed by atoms with Crippen LogP contribution in [0.25, 0.3) is 5.76 Å². The maximum Gasteiger partial charge on any atom is 0.295 e. The number of nitrogens with zero attached hydrogens (tertiary/aromatic N) is 2. The van der Waals surface area contributed by atoms with E-state index in [0.29, 0.717) is 17.9 Å². The molecule has 2 aromatic carbocycles. The lowest BCUT2D eigenvalue weighted by molar-refractivity contribution is -0.140. The average molecular weight is 432 g/mol. The molecular formula is C25H21FN2O4. The van der Waals surface area contributed by atoms with Crippen LogP contribution in [0.5, 0.6) is 5.75 Å². The molecule has 1 atom stereocenters. The van der Waals surface area contributed by atoms with Crippen LogP contribution in [0.15, 0.2) is 78.6 Å². The Kier molecular flexibility index (Phi) is 5.98. The second-order valence-corrected chi connectivity index (χ2v) is 7.30. The number of carbonyl (C=O) groups excluding carboxylic acids is 2. The van der Waals surface area contributed by atoms with Crippen molar-refractivity contribution in [3.63, 3.8) is 0 Å². The first kappa shape index (κ1) is 21.2. The van der Waals surface area contributed by atoms with E-state index in [-0.39, 0.29) is 23.4 Å². The summed E-state index contributed by atoms with van der Waals surface area (Å²) in [5, 5.41) is 11.0. The molecule has 1 aliphatic heterocycles. The molecule has 1 aromatic heterocycles. The molecule has 2 heterocycles. The number of ketones is 1. The molecule has 4 rings (SSSR count). The first-order valence-electron chi connectivity index (χ1n) is 10.2. The van der Waals surface area contributed by atoms with Crippen molar-refractivity contribution in [2.45, 2.75) is 19.5 Å². The highest BCUT2D eigenvalue weighted by Crippen LogP contribution is 2.41. The summed E-state index contributed by atoms with van der Waals surface area (Å²) < 4.78 is 19.0. The van der Waals surface area contributed by atoms with Gasteiger partial charge in [-0.3, -0.25) is 14.6 Å². The van der Waals surface area contributed by atoms with Gasteiger partial charge in [0.1, 0.15) is 17.3 Å². The van der Waals surface area contributed by atoms with Gasteiger partial charge in [-0.15, -0.1) is 0 Å². The number of aliphatic hydroxyl groups excluding tert-OH is 1. The first-order valence-corrected chi connectivity index (χ1v) is 10.2. The number of hydrogen-bond donors (Lipinski definition) is 1. The van der Waals surface area contributed by atoms with Crippen molar-refractivity contribution in [3.8, 4) is 5.75 Å². The number of Topliss-reactive ketones (excluding diaryl/α,β-unsaturated/α-hetero) is 1. The van der Waals surface area contributed by atoms with Crippen LogP contribution in [0.3, 0.4) is 0 Å². The van der Waals surface area contributed by atoms with E-state index < -0.39 is 23.5 Å². The number of rotatable bonds is 6. The molecule has 1 N–H and O–H groups in total. The fourth-order valence-electron chi connectivity index (χ4n) is 3.78. The second kappa shape index (κ2) is 9.01. The quantitative estimate of drug-likeness (QED) is 0.358. The van der Waals surface area contributed by atoms with E-state index in [4.69, 9.17) is 4.74 Å². The highest BCUT2D eigenvalue weighted by molar-refractivity contribution is 6.46. The van der Waals surface area contributed by atoms with Crippen LogP contribution in [0, 0.1) is 5.82 Å². The van der Waals surface area contributed by atoms with E-state index in [1.807, 2.05) is 6.92 Å². The zero-order valence-electron chi connectivity index (χ0n) is 17.4. The molecule has 1 amide bonds. The van der Waals surface area contributed by atoms with Crippen LogP contribution < -0.4 is 4.74 Å². The minimum Gasteiger partial charge on any atom is -0.507 e. The lowest BCUT2D eigenvalue weighted by Gasteiger charge is -2.25. The fourth-order valence-corrected chi connectivity index (χ4v) is 3.78. The van der Waals surface area contributed by atoms with Gasteiger partial charge in [0, 0.05) is 24.5 Å². The number of amides is 1. The smallest absolute Gasteiger partial charge is 0.295 e. The van der Waals surface area contributed by atoms with Gasteiger partial charge in [-0.2, -0.15) is 0 Å². The van der Waals surface area contributed by atoms with Crippen molar-refractivity contribution < 1.29 is 23.8 Å². The van der Waals surface area contributed by atoms with Crippen molar-refractivity contribution in [2.75, 3.05) is 6.61 Å². The van der Waals surface area contributed by atoms with E-state index >= 15 is 0 Å². The Bertz CT molecular complexity index is 1180. The van der Waals surface area contributed by atoms with Gasteiger partial charge < -0.3 is 14.7 Å². The summed E-state index contributed by atoms with van der Waals surface area (Å²) >= 11 is 0. The molecule has 0 spiro atoms. The Morgan fingerprint density at radius 3 is 2.59 bits per heavy atom. The number of halogens is 1. The molecule has 0 radical (unpaired) electrons. The Balaban J connectivity index is 1.86. The second-order valence-electron chi connectivity index (χ2n) is 7.30. The Hall–Kier alpha value is -4.00. The van der Waals surface area contributed by atoms with E-state index in [1.54, 1.807) is 48.8 Å². The van der Waals surface area contributed by atoms with E-state index in [0.717, 1.165) is 5.56 Å². The van der Waals surface area contributed by atoms with Crippen LogP contribution in [0.1, 0.15) is 29.7 Å². The van der Waals surface area contributed by atoms with Crippen LogP contribution in [0.4, 0.5) is 4.39 Å². The minimum atomic E-state index is -0.847. The number of ether oxygens (including phenoxy) is 1. The van der Waals surface area contributed by atoms with Gasteiger partial charge in [0.05, 0.1) is 18.2 Å². The number of benzene rings is 2. The molecule has 6 nitrogen and oxygen atoms in total. The Morgan fingerprint density at radius 1 is 1.12 bits per heavy atom. The third-order valence-corrected chi connectivity index (χ3v) is 5.22. The van der Waals surface area contributed by atoms with Gasteiger partial charge in [0.2, 0.25) is 0 Å². The van der Waals surface area contributed by atoms with Crippen LogP contribution in [-0.2, 0) is 16.1 Å². The Labute approximate surface area is 184 Å². The minimum absolute atomic E-state index is 0.0563. The lowest BCUT2D eigenvalue weighted by Crippen LogP contribution is -2.29. The number of aliphatic hydroxyl groups is 1. The van der Waals surface area contributed by atoms with Crippen LogP contribution in [0.2, 0.25) is 0 Å². The van der Waals surface area contributed by atoms with Crippen molar-refractivity contribution >= 4 is 17.4 Å². The van der Waals surface area contributed by atoms with Crippen molar-refractivity contribution in [1.29, 1.82) is 0 Å². The number of carbonyl (C=O) groups is 2. The summed E-state index contributed by atoms with van der Waals surface area (Å²) in [6, 6.07) is 14.9. The summed E-state index contributed by atoms with van der Waals surface area (Å²) in [6.45, 7) is 2.44. The van der Waals surface area contributed by atoms with Crippen molar-refractivity contribution in [1.82, 2.24) is 9.88 Å². The molecule has 3 aromatic rings. The van der Waals surface area contributed by atoms with E-state index in [1.165, 1.54) is 29.2 Å². The predicted octanol–water partition coefficient (Wildman–Crippen LogP) is 4.24. The summed E-state index contributed by atoms with van der Waals surface area (Å²) in [4.78, 5) is 31.6. The topological polar surface area (TPSA) is 79.7 Å². The summed E-state index contributed by atoms with van der Waals surface area (Å²) in [5.41, 5.74) is 1.54. The maximum atomic E-state index is 13.4. The molecule has 1 saturated heterocycles. The molecule has 7 heteroatoms. The molecular weight excluding hydrogens is 411 g/mol. The zero-order chi connectivity index (χ0) is 22.7. The Morgan fingerprint density at radius 2 is 1.91 bits per heavy atom. The molecule has 162 valence electrons. The largest absolute Gasteiger partial charge is 0.507 e. The highest BCUT2D eigenvalue weighted by Gasteiger charge is 2.46. The highest BCUT2D eigenvalue weighted by atomic mass is 19.1. The van der Waals surface area contributed by atoms with E-state index in [9.17, 15) is 19.1 Å². The SMILES string of the molecule is CCOc1cccc(C2/C(=C(\O)c3ccc(F)cc3)C(=O)C(=O)N2Cc2cccnc2)c1. The molecule has 1 fully saturated rings. The molecule has 32 heavy (non-hydrogen) atoms. The lowest BCUT2D eigenvalue weighted by atomic mass is 9.95. The molecule has 0 bridgehead atoms. The summed E-state index contributed by atoms with van der Waals surface area (Å²) in [5.74, 6) is -1.78. The fraction of sp³-hybridized carbons (Fsp3) is 0.160. The van der Waals surface area contributed by atoms with Gasteiger partial charge >= 0.3 is 0 Å². The number of pyridine rings is 1. The molecule has 1 unspecified atom stereocenters. The van der Waals surface area contributed by atoms with Gasteiger partial charge in [0.15, 0.2) is 0 Å². The number of hydrogen-bond acceptors (Lipinski definition) is 5. The third kappa shape index (κ3) is 4.09. The van der Waals surface area contributed by atoms with Gasteiger partial charge in [-0.05, 0) is 60.5 Å². The molecule has 1 aliphatic rings. The maximum absolute atomic E-state index is 13.4. The van der Waals surface area contributed by atoms with Crippen molar-refractivity contribution in [2.24, 2.45) is 0 Å². The average Bonchev–Trinajstić information content (AvgIpc) is 3.05. The number of likely N-dealkylation sites (tertiary alicyclic amines) is 1. The first-order chi connectivity index (χ1) is 15.5. The monoisotopic (exact) mass is 432 g/mol.